The van der Waals surface area contributed by atoms with Crippen molar-refractivity contribution >= 4 is 40.6 Å². The molecule has 23 heavy (non-hydrogen) atoms. The number of carbonyl (C=O) groups excluding carboxylic acids is 2. The first kappa shape index (κ1) is 16.0. The molecule has 1 atom stereocenters. The van der Waals surface area contributed by atoms with Crippen LogP contribution >= 0.6 is 23.2 Å². The zero-order valence-corrected chi connectivity index (χ0v) is 13.8. The summed E-state index contributed by atoms with van der Waals surface area (Å²) in [6, 6.07) is 2.91. The molecule has 2 heterocycles. The van der Waals surface area contributed by atoms with Gasteiger partial charge < -0.3 is 10.4 Å². The van der Waals surface area contributed by atoms with Crippen molar-refractivity contribution in [3.05, 3.63) is 44.7 Å². The Bertz CT molecular complexity index is 827. The molecule has 1 aliphatic rings. The first-order chi connectivity index (χ1) is 10.7. The molecule has 0 fully saturated rings. The Kier molecular flexibility index (Phi) is 3.71. The van der Waals surface area contributed by atoms with Crippen LogP contribution in [-0.4, -0.2) is 27.0 Å². The van der Waals surface area contributed by atoms with Gasteiger partial charge in [0, 0.05) is 16.3 Å². The van der Waals surface area contributed by atoms with Crippen LogP contribution in [0.1, 0.15) is 33.7 Å². The molecule has 0 saturated heterocycles. The van der Waals surface area contributed by atoms with E-state index in [1.165, 1.54) is 12.1 Å². The summed E-state index contributed by atoms with van der Waals surface area (Å²) in [5.74, 6) is -1.10. The molecule has 1 amide bonds. The smallest absolute Gasteiger partial charge is 0.261 e. The molecule has 3 rings (SSSR count). The second-order valence-corrected chi connectivity index (χ2v) is 6.38. The van der Waals surface area contributed by atoms with E-state index in [1.54, 1.807) is 13.8 Å². The Hall–Kier alpha value is -1.89. The number of hydrogen-bond acceptors (Lipinski definition) is 4. The summed E-state index contributed by atoms with van der Waals surface area (Å²) in [6.45, 7) is 3.38. The molecular weight excluding hydrogens is 341 g/mol. The second-order valence-electron chi connectivity index (χ2n) is 5.53. The number of amides is 1. The maximum atomic E-state index is 12.6. The minimum Gasteiger partial charge on any atom is -0.375 e. The lowest BCUT2D eigenvalue weighted by Gasteiger charge is -2.21. The summed E-state index contributed by atoms with van der Waals surface area (Å²) in [5, 5.41) is 20.5. The molecule has 0 saturated carbocycles. The van der Waals surface area contributed by atoms with Gasteiger partial charge in [0.2, 0.25) is 0 Å². The van der Waals surface area contributed by atoms with Crippen molar-refractivity contribution in [1.82, 2.24) is 10.2 Å². The van der Waals surface area contributed by atoms with Gasteiger partial charge in [-0.1, -0.05) is 23.2 Å². The number of carbonyl (C=O) groups is 2. The van der Waals surface area contributed by atoms with Gasteiger partial charge in [-0.3, -0.25) is 14.7 Å². The van der Waals surface area contributed by atoms with Gasteiger partial charge in [0.15, 0.2) is 11.4 Å². The topological polar surface area (TPSA) is 95.1 Å². The highest BCUT2D eigenvalue weighted by Gasteiger charge is 2.48. The Morgan fingerprint density at radius 3 is 2.65 bits per heavy atom. The number of aryl methyl sites for hydroxylation is 2. The number of rotatable bonds is 3. The van der Waals surface area contributed by atoms with E-state index in [0.29, 0.717) is 27.7 Å². The van der Waals surface area contributed by atoms with Gasteiger partial charge in [0.1, 0.15) is 0 Å². The predicted octanol–water partition coefficient (Wildman–Crippen LogP) is 2.75. The van der Waals surface area contributed by atoms with E-state index in [4.69, 9.17) is 23.2 Å². The van der Waals surface area contributed by atoms with E-state index in [0.717, 1.165) is 0 Å². The number of aliphatic hydroxyl groups is 1. The van der Waals surface area contributed by atoms with Crippen LogP contribution < -0.4 is 5.32 Å². The molecule has 2 aromatic rings. The second kappa shape index (κ2) is 5.33. The number of benzene rings is 1. The number of nitrogens with zero attached hydrogens (tertiary/aromatic N) is 1. The van der Waals surface area contributed by atoms with Crippen molar-refractivity contribution < 1.29 is 14.7 Å². The number of H-pyrrole nitrogens is 1. The number of halogens is 2. The van der Waals surface area contributed by atoms with E-state index < -0.39 is 23.7 Å². The highest BCUT2D eigenvalue weighted by atomic mass is 35.5. The normalized spacial score (nSPS) is 19.6. The van der Waals surface area contributed by atoms with E-state index >= 15 is 0 Å². The van der Waals surface area contributed by atoms with E-state index in [2.05, 4.69) is 15.5 Å². The zero-order valence-electron chi connectivity index (χ0n) is 12.3. The van der Waals surface area contributed by atoms with Crippen molar-refractivity contribution in [1.29, 1.82) is 0 Å². The molecule has 0 unspecified atom stereocenters. The largest absolute Gasteiger partial charge is 0.375 e. The zero-order chi connectivity index (χ0) is 16.9. The SMILES string of the molecule is Cc1n[nH]c(C)c1C(=O)C[C@@]1(O)C(=O)Nc2cc(Cl)cc(Cl)c21. The third kappa shape index (κ3) is 2.43. The number of ketones is 1. The molecule has 0 bridgehead atoms. The van der Waals surface area contributed by atoms with Gasteiger partial charge in [-0.15, -0.1) is 0 Å². The molecule has 3 N–H and O–H groups in total. The Balaban J connectivity index is 2.04. The first-order valence-electron chi connectivity index (χ1n) is 6.82. The number of Topliss-reactive ketones (excluding diaryl/α,β-unsaturated/α-hetero) is 1. The fourth-order valence-electron chi connectivity index (χ4n) is 2.88. The fraction of sp³-hybridized carbons (Fsp3) is 0.267. The fourth-order valence-corrected chi connectivity index (χ4v) is 3.53. The minimum atomic E-state index is -2.04. The summed E-state index contributed by atoms with van der Waals surface area (Å²) in [7, 11) is 0. The summed E-state index contributed by atoms with van der Waals surface area (Å²) in [4.78, 5) is 24.8. The van der Waals surface area contributed by atoms with Gasteiger partial charge in [-0.2, -0.15) is 5.10 Å². The van der Waals surface area contributed by atoms with Crippen LogP contribution in [-0.2, 0) is 10.4 Å². The average molecular weight is 354 g/mol. The molecule has 1 aliphatic heterocycles. The van der Waals surface area contributed by atoms with Crippen molar-refractivity contribution in [2.75, 3.05) is 5.32 Å². The molecule has 120 valence electrons. The minimum absolute atomic E-state index is 0.127. The number of aromatic nitrogens is 2. The van der Waals surface area contributed by atoms with E-state index in [1.807, 2.05) is 0 Å². The van der Waals surface area contributed by atoms with Gasteiger partial charge in [0.25, 0.3) is 5.91 Å². The third-order valence-corrected chi connectivity index (χ3v) is 4.43. The number of nitrogens with one attached hydrogen (secondary N) is 2. The Morgan fingerprint density at radius 2 is 2.04 bits per heavy atom. The number of hydrogen-bond donors (Lipinski definition) is 3. The lowest BCUT2D eigenvalue weighted by molar-refractivity contribution is -0.133. The maximum absolute atomic E-state index is 12.6. The standard InChI is InChI=1S/C15H13Cl2N3O3/c1-6-12(7(2)20-19-6)11(21)5-15(23)13-9(17)3-8(16)4-10(13)18-14(15)22/h3-4,23H,5H2,1-2H3,(H,18,22)(H,19,20)/t15-/m0/s1. The number of fused-ring (bicyclic) bond motifs is 1. The van der Waals surface area contributed by atoms with Crippen molar-refractivity contribution in [2.45, 2.75) is 25.9 Å². The van der Waals surface area contributed by atoms with Crippen LogP contribution in [0.4, 0.5) is 5.69 Å². The Labute approximate surface area is 141 Å². The van der Waals surface area contributed by atoms with E-state index in [9.17, 15) is 14.7 Å². The monoisotopic (exact) mass is 353 g/mol. The molecule has 0 radical (unpaired) electrons. The molecule has 8 heteroatoms. The molecule has 0 aliphatic carbocycles. The number of aromatic amines is 1. The predicted molar refractivity (Wildman–Crippen MR) is 86.0 cm³/mol. The summed E-state index contributed by atoms with van der Waals surface area (Å²) in [6.07, 6.45) is -0.436. The first-order valence-corrected chi connectivity index (χ1v) is 7.57. The van der Waals surface area contributed by atoms with Gasteiger partial charge >= 0.3 is 0 Å². The highest BCUT2D eigenvalue weighted by Crippen LogP contribution is 2.44. The summed E-state index contributed by atoms with van der Waals surface area (Å²) in [5.41, 5.74) is -0.104. The average Bonchev–Trinajstić information content (AvgIpc) is 2.87. The van der Waals surface area contributed by atoms with Gasteiger partial charge in [-0.25, -0.2) is 0 Å². The van der Waals surface area contributed by atoms with E-state index in [-0.39, 0.29) is 10.6 Å². The highest BCUT2D eigenvalue weighted by molar-refractivity contribution is 6.36. The molecule has 1 aromatic heterocycles. The van der Waals surface area contributed by atoms with Gasteiger partial charge in [0.05, 0.1) is 28.4 Å². The maximum Gasteiger partial charge on any atom is 0.261 e. The van der Waals surface area contributed by atoms with Crippen LogP contribution in [0.25, 0.3) is 0 Å². The number of anilines is 1. The van der Waals surface area contributed by atoms with Crippen molar-refractivity contribution in [3.8, 4) is 0 Å². The molecule has 1 aromatic carbocycles. The van der Waals surface area contributed by atoms with Crippen molar-refractivity contribution in [3.63, 3.8) is 0 Å². The lowest BCUT2D eigenvalue weighted by Crippen LogP contribution is -2.37. The molecule has 0 spiro atoms. The van der Waals surface area contributed by atoms with Gasteiger partial charge in [-0.05, 0) is 26.0 Å². The van der Waals surface area contributed by atoms with Crippen LogP contribution in [0, 0.1) is 13.8 Å². The van der Waals surface area contributed by atoms with Crippen LogP contribution in [0.15, 0.2) is 12.1 Å². The van der Waals surface area contributed by atoms with Crippen LogP contribution in [0.3, 0.4) is 0 Å². The van der Waals surface area contributed by atoms with Crippen LogP contribution in [0.2, 0.25) is 10.0 Å². The summed E-state index contributed by atoms with van der Waals surface area (Å²) < 4.78 is 0. The third-order valence-electron chi connectivity index (χ3n) is 3.92. The Morgan fingerprint density at radius 1 is 1.35 bits per heavy atom. The summed E-state index contributed by atoms with van der Waals surface area (Å²) >= 11 is 12.0. The lowest BCUT2D eigenvalue weighted by atomic mass is 9.87. The van der Waals surface area contributed by atoms with Crippen LogP contribution in [0.5, 0.6) is 0 Å². The molecular formula is C15H13Cl2N3O3. The van der Waals surface area contributed by atoms with Crippen molar-refractivity contribution in [2.24, 2.45) is 0 Å². The molecule has 6 nitrogen and oxygen atoms in total. The quantitative estimate of drug-likeness (QED) is 0.739.